The molecule has 0 N–H and O–H groups in total. The van der Waals surface area contributed by atoms with Crippen molar-refractivity contribution in [2.24, 2.45) is 0 Å². The Morgan fingerprint density at radius 1 is 0.375 bits per heavy atom. The fourth-order valence-corrected chi connectivity index (χ4v) is 7.62. The van der Waals surface area contributed by atoms with Crippen LogP contribution in [-0.2, 0) is 0 Å². The van der Waals surface area contributed by atoms with Gasteiger partial charge < -0.3 is 9.32 Å². The third-order valence-electron chi connectivity index (χ3n) is 9.81. The summed E-state index contributed by atoms with van der Waals surface area (Å²) in [5.74, 6) is 0. The lowest BCUT2D eigenvalue weighted by molar-refractivity contribution is 0.669. The zero-order valence-electron chi connectivity index (χ0n) is 26.1. The number of benzene rings is 9. The van der Waals surface area contributed by atoms with Crippen molar-refractivity contribution >= 4 is 82.1 Å². The minimum Gasteiger partial charge on any atom is -0.454 e. The lowest BCUT2D eigenvalue weighted by atomic mass is 9.91. The van der Waals surface area contributed by atoms with Crippen LogP contribution in [0, 0.1) is 0 Å². The van der Waals surface area contributed by atoms with Gasteiger partial charge in [0.2, 0.25) is 0 Å². The topological polar surface area (TPSA) is 16.4 Å². The summed E-state index contributed by atoms with van der Waals surface area (Å²) in [5.41, 5.74) is 7.35. The predicted molar refractivity (Wildman–Crippen MR) is 204 cm³/mol. The minimum atomic E-state index is 0.884. The smallest absolute Gasteiger partial charge is 0.160 e. The minimum absolute atomic E-state index is 0.884. The van der Waals surface area contributed by atoms with E-state index in [1.807, 2.05) is 6.07 Å². The summed E-state index contributed by atoms with van der Waals surface area (Å²) in [6.45, 7) is 0. The standard InChI is InChI=1S/C46H29NO/c1-2-14-33(15-3-1)47(43-28-32-13-5-7-17-36(32)45-40-20-10-11-21-44(40)48-46(43)45)34-25-22-31(23-26-34)41-29-42-35-16-6-4-12-30(35)24-27-39(42)37-18-8-9-19-38(37)41/h1-29H. The molecule has 224 valence electrons. The Kier molecular flexibility index (Phi) is 5.91. The number of anilines is 3. The van der Waals surface area contributed by atoms with Gasteiger partial charge in [0.05, 0.1) is 5.69 Å². The van der Waals surface area contributed by atoms with Crippen molar-refractivity contribution in [2.45, 2.75) is 0 Å². The van der Waals surface area contributed by atoms with Crippen LogP contribution in [0.5, 0.6) is 0 Å². The molecule has 0 radical (unpaired) electrons. The fraction of sp³-hybridized carbons (Fsp3) is 0. The second-order valence-corrected chi connectivity index (χ2v) is 12.5. The molecule has 0 spiro atoms. The van der Waals surface area contributed by atoms with Crippen molar-refractivity contribution in [2.75, 3.05) is 4.90 Å². The van der Waals surface area contributed by atoms with Crippen LogP contribution in [0.1, 0.15) is 0 Å². The quantitative estimate of drug-likeness (QED) is 0.184. The monoisotopic (exact) mass is 611 g/mol. The van der Waals surface area contributed by atoms with E-state index in [1.54, 1.807) is 0 Å². The highest BCUT2D eigenvalue weighted by Gasteiger charge is 2.22. The number of rotatable bonds is 4. The van der Waals surface area contributed by atoms with E-state index in [0.717, 1.165) is 39.0 Å². The summed E-state index contributed by atoms with van der Waals surface area (Å²) in [6, 6.07) is 63.2. The van der Waals surface area contributed by atoms with Gasteiger partial charge in [-0.2, -0.15) is 0 Å². The van der Waals surface area contributed by atoms with Gasteiger partial charge in [-0.25, -0.2) is 0 Å². The molecule has 0 aliphatic heterocycles. The summed E-state index contributed by atoms with van der Waals surface area (Å²) in [7, 11) is 0. The third-order valence-corrected chi connectivity index (χ3v) is 9.81. The van der Waals surface area contributed by atoms with Crippen LogP contribution >= 0.6 is 0 Å². The van der Waals surface area contributed by atoms with E-state index >= 15 is 0 Å². The highest BCUT2D eigenvalue weighted by molar-refractivity contribution is 6.23. The first-order valence-corrected chi connectivity index (χ1v) is 16.4. The first-order valence-electron chi connectivity index (χ1n) is 16.4. The number of furan rings is 1. The molecule has 1 aromatic heterocycles. The van der Waals surface area contributed by atoms with Crippen LogP contribution in [0.15, 0.2) is 180 Å². The lowest BCUT2D eigenvalue weighted by Crippen LogP contribution is -2.10. The summed E-state index contributed by atoms with van der Waals surface area (Å²) in [6.07, 6.45) is 0. The van der Waals surface area contributed by atoms with Crippen LogP contribution < -0.4 is 4.90 Å². The van der Waals surface area contributed by atoms with E-state index in [-0.39, 0.29) is 0 Å². The van der Waals surface area contributed by atoms with Gasteiger partial charge in [0, 0.05) is 22.1 Å². The summed E-state index contributed by atoms with van der Waals surface area (Å²) < 4.78 is 6.69. The third kappa shape index (κ3) is 4.06. The van der Waals surface area contributed by atoms with E-state index in [9.17, 15) is 0 Å². The molecule has 9 aromatic carbocycles. The van der Waals surface area contributed by atoms with E-state index in [2.05, 4.69) is 175 Å². The van der Waals surface area contributed by atoms with Crippen molar-refractivity contribution in [1.29, 1.82) is 0 Å². The molecule has 0 atom stereocenters. The second-order valence-electron chi connectivity index (χ2n) is 12.5. The Labute approximate surface area is 277 Å². The maximum absolute atomic E-state index is 6.69. The average Bonchev–Trinajstić information content (AvgIpc) is 3.56. The van der Waals surface area contributed by atoms with Crippen molar-refractivity contribution in [3.63, 3.8) is 0 Å². The molecule has 10 aromatic rings. The molecule has 0 saturated heterocycles. The second kappa shape index (κ2) is 10.6. The Balaban J connectivity index is 1.20. The highest BCUT2D eigenvalue weighted by Crippen LogP contribution is 2.46. The van der Waals surface area contributed by atoms with Gasteiger partial charge in [0.25, 0.3) is 0 Å². The van der Waals surface area contributed by atoms with Gasteiger partial charge in [0.15, 0.2) is 5.58 Å². The Hall–Kier alpha value is -6.38. The molecule has 1 heterocycles. The zero-order chi connectivity index (χ0) is 31.6. The first-order chi connectivity index (χ1) is 23.8. The molecule has 2 heteroatoms. The summed E-state index contributed by atoms with van der Waals surface area (Å²) in [4.78, 5) is 2.33. The number of hydrogen-bond donors (Lipinski definition) is 0. The SMILES string of the molecule is c1ccc(N(c2ccc(-c3cc4c5ccccc5ccc4c4ccccc34)cc2)c2cc3ccccc3c3c2oc2ccccc23)cc1. The van der Waals surface area contributed by atoms with Crippen LogP contribution in [-0.4, -0.2) is 0 Å². The predicted octanol–water partition coefficient (Wildman–Crippen LogP) is 13.3. The van der Waals surface area contributed by atoms with Gasteiger partial charge in [-0.05, 0) is 96.7 Å². The molecule has 2 nitrogen and oxygen atoms in total. The van der Waals surface area contributed by atoms with Crippen molar-refractivity contribution < 1.29 is 4.42 Å². The summed E-state index contributed by atoms with van der Waals surface area (Å²) in [5, 5.41) is 12.3. The average molecular weight is 612 g/mol. The Morgan fingerprint density at radius 2 is 0.979 bits per heavy atom. The molecule has 0 saturated carbocycles. The normalized spacial score (nSPS) is 11.8. The lowest BCUT2D eigenvalue weighted by Gasteiger charge is -2.26. The zero-order valence-corrected chi connectivity index (χ0v) is 26.1. The maximum atomic E-state index is 6.69. The van der Waals surface area contributed by atoms with Gasteiger partial charge in [-0.15, -0.1) is 0 Å². The molecule has 0 amide bonds. The molecule has 0 aliphatic carbocycles. The van der Waals surface area contributed by atoms with Gasteiger partial charge in [-0.1, -0.05) is 133 Å². The number of fused-ring (bicyclic) bond motifs is 10. The van der Waals surface area contributed by atoms with Crippen molar-refractivity contribution in [3.05, 3.63) is 176 Å². The van der Waals surface area contributed by atoms with Crippen LogP contribution in [0.3, 0.4) is 0 Å². The van der Waals surface area contributed by atoms with Gasteiger partial charge in [0.1, 0.15) is 5.58 Å². The highest BCUT2D eigenvalue weighted by atomic mass is 16.3. The van der Waals surface area contributed by atoms with Crippen LogP contribution in [0.2, 0.25) is 0 Å². The number of hydrogen-bond acceptors (Lipinski definition) is 2. The van der Waals surface area contributed by atoms with E-state index in [0.29, 0.717) is 0 Å². The maximum Gasteiger partial charge on any atom is 0.160 e. The molecular formula is C46H29NO. The molecular weight excluding hydrogens is 583 g/mol. The molecule has 0 unspecified atom stereocenters. The Morgan fingerprint density at radius 3 is 1.79 bits per heavy atom. The Bertz CT molecular complexity index is 2830. The van der Waals surface area contributed by atoms with Gasteiger partial charge >= 0.3 is 0 Å². The van der Waals surface area contributed by atoms with Crippen molar-refractivity contribution in [3.8, 4) is 11.1 Å². The van der Waals surface area contributed by atoms with Crippen molar-refractivity contribution in [1.82, 2.24) is 0 Å². The molecule has 0 fully saturated rings. The number of para-hydroxylation sites is 2. The van der Waals surface area contributed by atoms with E-state index < -0.39 is 0 Å². The largest absolute Gasteiger partial charge is 0.454 e. The van der Waals surface area contributed by atoms with Gasteiger partial charge in [-0.3, -0.25) is 0 Å². The molecule has 0 bridgehead atoms. The van der Waals surface area contributed by atoms with Crippen LogP contribution in [0.4, 0.5) is 17.1 Å². The number of nitrogens with zero attached hydrogens (tertiary/aromatic N) is 1. The molecule has 0 aliphatic rings. The fourth-order valence-electron chi connectivity index (χ4n) is 7.62. The molecule has 10 rings (SSSR count). The summed E-state index contributed by atoms with van der Waals surface area (Å²) >= 11 is 0. The van der Waals surface area contributed by atoms with E-state index in [4.69, 9.17) is 4.42 Å². The molecule has 48 heavy (non-hydrogen) atoms. The first kappa shape index (κ1) is 26.8. The van der Waals surface area contributed by atoms with E-state index in [1.165, 1.54) is 54.2 Å². The van der Waals surface area contributed by atoms with Crippen LogP contribution in [0.25, 0.3) is 76.2 Å².